The first-order valence-corrected chi connectivity index (χ1v) is 13.7. The summed E-state index contributed by atoms with van der Waals surface area (Å²) in [6, 6.07) is 18.7. The number of benzene rings is 3. The molecule has 3 aliphatic heterocycles. The predicted molar refractivity (Wildman–Crippen MR) is 141 cm³/mol. The first-order chi connectivity index (χ1) is 16.9. The number of nitrogens with one attached hydrogen (secondary N) is 1. The number of Topliss-reactive ketones (excluding diaryl/α,β-unsaturated/α-hetero) is 1. The molecule has 4 nitrogen and oxygen atoms in total. The van der Waals surface area contributed by atoms with E-state index in [0.29, 0.717) is 38.6 Å². The Morgan fingerprint density at radius 1 is 1.00 bits per heavy atom. The Labute approximate surface area is 221 Å². The molecule has 1 amide bonds. The number of anilines is 1. The molecule has 7 rings (SSSR count). The zero-order valence-electron chi connectivity index (χ0n) is 18.4. The lowest BCUT2D eigenvalue weighted by Gasteiger charge is -2.44. The Balaban J connectivity index is 1.61. The Morgan fingerprint density at radius 3 is 2.66 bits per heavy atom. The van der Waals surface area contributed by atoms with Gasteiger partial charge in [0.2, 0.25) is 0 Å². The van der Waals surface area contributed by atoms with E-state index in [1.165, 1.54) is 0 Å². The van der Waals surface area contributed by atoms with Gasteiger partial charge in [-0.15, -0.1) is 11.8 Å². The minimum atomic E-state index is -1.21. The van der Waals surface area contributed by atoms with Crippen molar-refractivity contribution in [3.63, 3.8) is 0 Å². The number of nitrogens with zero attached hydrogens (tertiary/aromatic N) is 1. The van der Waals surface area contributed by atoms with Crippen LogP contribution in [0.4, 0.5) is 5.69 Å². The number of rotatable bonds is 1. The van der Waals surface area contributed by atoms with Crippen LogP contribution in [-0.4, -0.2) is 34.3 Å². The lowest BCUT2D eigenvalue weighted by Crippen LogP contribution is -2.58. The maximum Gasteiger partial charge on any atom is 0.250 e. The van der Waals surface area contributed by atoms with Crippen molar-refractivity contribution in [3.05, 3.63) is 98.0 Å². The summed E-state index contributed by atoms with van der Waals surface area (Å²) >= 11 is 21.6. The summed E-state index contributed by atoms with van der Waals surface area (Å²) in [5, 5.41) is 4.53. The van der Waals surface area contributed by atoms with Gasteiger partial charge in [0.1, 0.15) is 5.54 Å². The van der Waals surface area contributed by atoms with E-state index >= 15 is 0 Å². The molecular weight excluding hydrogens is 523 g/mol. The van der Waals surface area contributed by atoms with Gasteiger partial charge in [-0.05, 0) is 41.8 Å². The topological polar surface area (TPSA) is 49.4 Å². The molecule has 3 aromatic carbocycles. The summed E-state index contributed by atoms with van der Waals surface area (Å²) in [6.45, 7) is 0. The smallest absolute Gasteiger partial charge is 0.250 e. The number of carbonyl (C=O) groups is 2. The van der Waals surface area contributed by atoms with E-state index in [1.54, 1.807) is 23.9 Å². The van der Waals surface area contributed by atoms with E-state index in [-0.39, 0.29) is 23.7 Å². The van der Waals surface area contributed by atoms with E-state index < -0.39 is 11.0 Å². The quantitative estimate of drug-likeness (QED) is 0.388. The second kappa shape index (κ2) is 7.50. The van der Waals surface area contributed by atoms with Crippen LogP contribution in [0.15, 0.2) is 60.7 Å². The fourth-order valence-corrected chi connectivity index (χ4v) is 9.07. The van der Waals surface area contributed by atoms with Crippen LogP contribution in [0.5, 0.6) is 0 Å². The largest absolute Gasteiger partial charge is 0.324 e. The lowest BCUT2D eigenvalue weighted by atomic mass is 9.58. The standard InChI is InChI=1S/C27H19Cl3N2O2S/c28-15-8-9-20-18(10-15)27(25(34)31-20)26(11-14-4-1-2-5-16(14)24(26)33)22(21-12-35-13-32(21)27)17-6-3-7-19(29)23(17)30/h1-10,21-22H,11-13H2,(H,31,34)/t21-,22-,26-,27-/m0/s1. The Bertz CT molecular complexity index is 1460. The number of hydrogen-bond acceptors (Lipinski definition) is 4. The summed E-state index contributed by atoms with van der Waals surface area (Å²) in [7, 11) is 0. The van der Waals surface area contributed by atoms with E-state index in [4.69, 9.17) is 34.8 Å². The highest BCUT2D eigenvalue weighted by atomic mass is 35.5. The van der Waals surface area contributed by atoms with Crippen molar-refractivity contribution in [2.24, 2.45) is 5.41 Å². The van der Waals surface area contributed by atoms with Crippen LogP contribution in [0, 0.1) is 5.41 Å². The maximum atomic E-state index is 14.7. The van der Waals surface area contributed by atoms with Crippen molar-refractivity contribution in [1.82, 2.24) is 4.90 Å². The maximum absolute atomic E-state index is 14.7. The zero-order chi connectivity index (χ0) is 24.1. The van der Waals surface area contributed by atoms with Gasteiger partial charge in [-0.2, -0.15) is 0 Å². The molecule has 1 aliphatic carbocycles. The van der Waals surface area contributed by atoms with Gasteiger partial charge in [-0.3, -0.25) is 14.5 Å². The van der Waals surface area contributed by atoms with Gasteiger partial charge in [-0.25, -0.2) is 0 Å². The summed E-state index contributed by atoms with van der Waals surface area (Å²) in [6.07, 6.45) is 0.437. The molecule has 4 aliphatic rings. The molecule has 35 heavy (non-hydrogen) atoms. The van der Waals surface area contributed by atoms with Crippen molar-refractivity contribution in [1.29, 1.82) is 0 Å². The Kier molecular flexibility index (Phi) is 4.76. The third kappa shape index (κ3) is 2.56. The highest BCUT2D eigenvalue weighted by molar-refractivity contribution is 7.99. The van der Waals surface area contributed by atoms with Crippen LogP contribution in [0.1, 0.15) is 33.0 Å². The van der Waals surface area contributed by atoms with Crippen LogP contribution in [0.25, 0.3) is 0 Å². The van der Waals surface area contributed by atoms with Gasteiger partial charge in [0.25, 0.3) is 5.91 Å². The molecule has 176 valence electrons. The second-order valence-corrected chi connectivity index (χ2v) is 11.9. The minimum absolute atomic E-state index is 0.0171. The molecule has 8 heteroatoms. The average Bonchev–Trinajstić information content (AvgIpc) is 3.55. The fourth-order valence-electron chi connectivity index (χ4n) is 7.17. The normalized spacial score (nSPS) is 30.7. The minimum Gasteiger partial charge on any atom is -0.324 e. The van der Waals surface area contributed by atoms with E-state index in [0.717, 1.165) is 22.4 Å². The van der Waals surface area contributed by atoms with E-state index in [1.807, 2.05) is 48.5 Å². The fraction of sp³-hybridized carbons (Fsp3) is 0.259. The molecule has 0 bridgehead atoms. The summed E-state index contributed by atoms with van der Waals surface area (Å²) in [5.41, 5.74) is 1.60. The second-order valence-electron chi connectivity index (χ2n) is 9.65. The number of amides is 1. The van der Waals surface area contributed by atoms with Crippen molar-refractivity contribution in [2.75, 3.05) is 16.9 Å². The monoisotopic (exact) mass is 540 g/mol. The summed E-state index contributed by atoms with van der Waals surface area (Å²) < 4.78 is 0. The highest BCUT2D eigenvalue weighted by Gasteiger charge is 2.79. The van der Waals surface area contributed by atoms with Crippen LogP contribution in [0.3, 0.4) is 0 Å². The third-order valence-corrected chi connectivity index (χ3v) is 10.4. The molecule has 3 aromatic rings. The van der Waals surface area contributed by atoms with Crippen molar-refractivity contribution in [2.45, 2.75) is 23.9 Å². The molecule has 0 unspecified atom stereocenters. The van der Waals surface area contributed by atoms with E-state index in [9.17, 15) is 9.59 Å². The highest BCUT2D eigenvalue weighted by Crippen LogP contribution is 2.71. The molecule has 0 radical (unpaired) electrons. The van der Waals surface area contributed by atoms with Gasteiger partial charge >= 0.3 is 0 Å². The number of ketones is 1. The van der Waals surface area contributed by atoms with E-state index in [2.05, 4.69) is 10.2 Å². The first-order valence-electron chi connectivity index (χ1n) is 11.4. The number of halogens is 3. The first kappa shape index (κ1) is 22.2. The number of fused-ring (bicyclic) bond motifs is 6. The van der Waals surface area contributed by atoms with Crippen molar-refractivity contribution >= 4 is 63.9 Å². The zero-order valence-corrected chi connectivity index (χ0v) is 21.4. The SMILES string of the molecule is O=C1Nc2ccc(Cl)cc2[C@]12N1CSC[C@H]1[C@H](c1cccc(Cl)c1Cl)[C@]21Cc2ccccc2C1=O. The molecule has 3 heterocycles. The van der Waals surface area contributed by atoms with Crippen LogP contribution in [0.2, 0.25) is 15.1 Å². The number of thioether (sulfide) groups is 1. The van der Waals surface area contributed by atoms with Gasteiger partial charge in [0, 0.05) is 45.4 Å². The molecule has 2 fully saturated rings. The van der Waals surface area contributed by atoms with Crippen LogP contribution in [-0.2, 0) is 16.8 Å². The molecule has 2 saturated heterocycles. The van der Waals surface area contributed by atoms with Crippen molar-refractivity contribution in [3.8, 4) is 0 Å². The third-order valence-electron chi connectivity index (χ3n) is 8.31. The number of carbonyl (C=O) groups excluding carboxylic acids is 2. The van der Waals surface area contributed by atoms with Crippen LogP contribution < -0.4 is 5.32 Å². The average molecular weight is 542 g/mol. The molecule has 1 N–H and O–H groups in total. The molecule has 4 atom stereocenters. The summed E-state index contributed by atoms with van der Waals surface area (Å²) in [4.78, 5) is 31.2. The lowest BCUT2D eigenvalue weighted by molar-refractivity contribution is -0.130. The van der Waals surface area contributed by atoms with Crippen molar-refractivity contribution < 1.29 is 9.59 Å². The number of hydrogen-bond donors (Lipinski definition) is 1. The Morgan fingerprint density at radius 2 is 1.83 bits per heavy atom. The Hall–Kier alpha value is -2.02. The predicted octanol–water partition coefficient (Wildman–Crippen LogP) is 6.39. The molecule has 2 spiro atoms. The van der Waals surface area contributed by atoms with Crippen LogP contribution >= 0.6 is 46.6 Å². The molecule has 0 saturated carbocycles. The van der Waals surface area contributed by atoms with Gasteiger partial charge in [0.05, 0.1) is 15.5 Å². The molecule has 0 aromatic heterocycles. The molecular formula is C27H19Cl3N2O2S. The van der Waals surface area contributed by atoms with Gasteiger partial charge in [-0.1, -0.05) is 71.2 Å². The van der Waals surface area contributed by atoms with Gasteiger partial charge < -0.3 is 5.32 Å². The summed E-state index contributed by atoms with van der Waals surface area (Å²) in [5.74, 6) is 0.883. The van der Waals surface area contributed by atoms with Gasteiger partial charge in [0.15, 0.2) is 5.78 Å².